The highest BCUT2D eigenvalue weighted by molar-refractivity contribution is 7.89. The van der Waals surface area contributed by atoms with Gasteiger partial charge < -0.3 is 4.90 Å². The molecule has 0 heterocycles. The molecule has 7 nitrogen and oxygen atoms in total. The Kier molecular flexibility index (Phi) is 5.82. The molecule has 0 aliphatic heterocycles. The van der Waals surface area contributed by atoms with Crippen molar-refractivity contribution in [3.05, 3.63) is 28.3 Å². The monoisotopic (exact) mass is 355 g/mol. The standard InChI is InChI=1S/C16H25N3O4S/c1-12(2)17-24(22,23)14-9-10-15(16(11-14)19(20)21)18(3)13-7-5-4-6-8-13/h9-13,17H,4-8H2,1-3H3. The zero-order valence-corrected chi connectivity index (χ0v) is 15.2. The van der Waals surface area contributed by atoms with Crippen molar-refractivity contribution < 1.29 is 13.3 Å². The molecule has 0 aromatic heterocycles. The summed E-state index contributed by atoms with van der Waals surface area (Å²) in [5, 5.41) is 11.5. The van der Waals surface area contributed by atoms with Crippen LogP contribution in [0, 0.1) is 10.1 Å². The van der Waals surface area contributed by atoms with Gasteiger partial charge in [-0.25, -0.2) is 13.1 Å². The summed E-state index contributed by atoms with van der Waals surface area (Å²) >= 11 is 0. The molecule has 8 heteroatoms. The molecule has 0 spiro atoms. The highest BCUT2D eigenvalue weighted by Crippen LogP contribution is 2.34. The van der Waals surface area contributed by atoms with Gasteiger partial charge in [0.15, 0.2) is 0 Å². The minimum Gasteiger partial charge on any atom is -0.366 e. The van der Waals surface area contributed by atoms with E-state index >= 15 is 0 Å². The molecule has 1 aromatic carbocycles. The minimum atomic E-state index is -3.76. The van der Waals surface area contributed by atoms with Gasteiger partial charge in [0.25, 0.3) is 5.69 Å². The maximum Gasteiger partial charge on any atom is 0.293 e. The van der Waals surface area contributed by atoms with Gasteiger partial charge in [-0.05, 0) is 38.8 Å². The molecule has 1 N–H and O–H groups in total. The molecular formula is C16H25N3O4S. The Bertz CT molecular complexity index is 697. The summed E-state index contributed by atoms with van der Waals surface area (Å²) in [5.74, 6) is 0. The van der Waals surface area contributed by atoms with E-state index in [2.05, 4.69) is 4.72 Å². The van der Waals surface area contributed by atoms with Gasteiger partial charge in [0.05, 0.1) is 9.82 Å². The Labute approximate surface area is 143 Å². The Morgan fingerprint density at radius 1 is 1.25 bits per heavy atom. The van der Waals surface area contributed by atoms with Crippen molar-refractivity contribution in [2.24, 2.45) is 0 Å². The number of hydrogen-bond donors (Lipinski definition) is 1. The number of anilines is 1. The number of rotatable bonds is 6. The Morgan fingerprint density at radius 2 is 1.88 bits per heavy atom. The molecular weight excluding hydrogens is 330 g/mol. The van der Waals surface area contributed by atoms with Gasteiger partial charge in [0.1, 0.15) is 5.69 Å². The van der Waals surface area contributed by atoms with Crippen molar-refractivity contribution in [3.8, 4) is 0 Å². The number of nitrogens with zero attached hydrogens (tertiary/aromatic N) is 2. The van der Waals surface area contributed by atoms with Gasteiger partial charge in [-0.15, -0.1) is 0 Å². The summed E-state index contributed by atoms with van der Waals surface area (Å²) in [6.07, 6.45) is 5.44. The highest BCUT2D eigenvalue weighted by Gasteiger charge is 2.27. The van der Waals surface area contributed by atoms with Gasteiger partial charge in [-0.3, -0.25) is 10.1 Å². The van der Waals surface area contributed by atoms with Crippen molar-refractivity contribution in [1.29, 1.82) is 0 Å². The molecule has 0 amide bonds. The van der Waals surface area contributed by atoms with Crippen LogP contribution in [-0.2, 0) is 10.0 Å². The minimum absolute atomic E-state index is 0.0799. The number of sulfonamides is 1. The second kappa shape index (κ2) is 7.48. The zero-order valence-electron chi connectivity index (χ0n) is 14.4. The van der Waals surface area contributed by atoms with E-state index < -0.39 is 14.9 Å². The van der Waals surface area contributed by atoms with Crippen LogP contribution in [-0.4, -0.2) is 32.5 Å². The van der Waals surface area contributed by atoms with Crippen LogP contribution in [0.5, 0.6) is 0 Å². The van der Waals surface area contributed by atoms with Crippen LogP contribution < -0.4 is 9.62 Å². The topological polar surface area (TPSA) is 92.6 Å². The Hall–Kier alpha value is -1.67. The SMILES string of the molecule is CC(C)NS(=O)(=O)c1ccc(N(C)C2CCCCC2)c([N+](=O)[O-])c1. The molecule has 24 heavy (non-hydrogen) atoms. The molecule has 1 aliphatic rings. The van der Waals surface area contributed by atoms with Crippen LogP contribution in [0.1, 0.15) is 46.0 Å². The predicted octanol–water partition coefficient (Wildman–Crippen LogP) is 3.05. The molecule has 1 saturated carbocycles. The van der Waals surface area contributed by atoms with Gasteiger partial charge in [-0.1, -0.05) is 19.3 Å². The van der Waals surface area contributed by atoms with E-state index in [1.165, 1.54) is 12.5 Å². The van der Waals surface area contributed by atoms with E-state index in [-0.39, 0.29) is 22.7 Å². The summed E-state index contributed by atoms with van der Waals surface area (Å²) < 4.78 is 27.0. The lowest BCUT2D eigenvalue weighted by Crippen LogP contribution is -2.34. The number of hydrogen-bond acceptors (Lipinski definition) is 5. The molecule has 134 valence electrons. The highest BCUT2D eigenvalue weighted by atomic mass is 32.2. The first kappa shape index (κ1) is 18.7. The first-order valence-corrected chi connectivity index (χ1v) is 9.74. The summed E-state index contributed by atoms with van der Waals surface area (Å²) in [7, 11) is -1.91. The molecule has 0 bridgehead atoms. The van der Waals surface area contributed by atoms with Gasteiger partial charge in [0.2, 0.25) is 10.0 Å². The lowest BCUT2D eigenvalue weighted by molar-refractivity contribution is -0.384. The average Bonchev–Trinajstić information content (AvgIpc) is 2.53. The van der Waals surface area contributed by atoms with Crippen LogP contribution in [0.4, 0.5) is 11.4 Å². The van der Waals surface area contributed by atoms with Gasteiger partial charge in [-0.2, -0.15) is 0 Å². The zero-order chi connectivity index (χ0) is 17.9. The molecule has 2 rings (SSSR count). The third-order valence-corrected chi connectivity index (χ3v) is 6.00. The first-order valence-electron chi connectivity index (χ1n) is 8.26. The van der Waals surface area contributed by atoms with E-state index in [0.717, 1.165) is 31.7 Å². The fraction of sp³-hybridized carbons (Fsp3) is 0.625. The third kappa shape index (κ3) is 4.24. The lowest BCUT2D eigenvalue weighted by Gasteiger charge is -2.32. The number of nitrogens with one attached hydrogen (secondary N) is 1. The fourth-order valence-corrected chi connectivity index (χ4v) is 4.43. The average molecular weight is 355 g/mol. The first-order chi connectivity index (χ1) is 11.2. The number of nitro groups is 1. The van der Waals surface area contributed by atoms with Crippen molar-refractivity contribution >= 4 is 21.4 Å². The summed E-state index contributed by atoms with van der Waals surface area (Å²) in [6, 6.07) is 4.11. The molecule has 1 aliphatic carbocycles. The smallest absolute Gasteiger partial charge is 0.293 e. The molecule has 0 radical (unpaired) electrons. The third-order valence-electron chi connectivity index (χ3n) is 4.35. The summed E-state index contributed by atoms with van der Waals surface area (Å²) in [4.78, 5) is 12.8. The second-order valence-corrected chi connectivity index (χ2v) is 8.30. The second-order valence-electron chi connectivity index (χ2n) is 6.59. The maximum atomic E-state index is 12.3. The van der Waals surface area contributed by atoms with Crippen LogP contribution in [0.25, 0.3) is 0 Å². The fourth-order valence-electron chi connectivity index (χ4n) is 3.16. The van der Waals surface area contributed by atoms with Crippen LogP contribution >= 0.6 is 0 Å². The predicted molar refractivity (Wildman–Crippen MR) is 93.8 cm³/mol. The van der Waals surface area contributed by atoms with Crippen LogP contribution in [0.15, 0.2) is 23.1 Å². The van der Waals surface area contributed by atoms with Gasteiger partial charge >= 0.3 is 0 Å². The lowest BCUT2D eigenvalue weighted by atomic mass is 9.94. The number of nitro benzene ring substituents is 1. The summed E-state index contributed by atoms with van der Waals surface area (Å²) in [5.41, 5.74) is 0.296. The Balaban J connectivity index is 2.38. The summed E-state index contributed by atoms with van der Waals surface area (Å²) in [6.45, 7) is 3.41. The van der Waals surface area contributed by atoms with Crippen molar-refractivity contribution in [1.82, 2.24) is 4.72 Å². The largest absolute Gasteiger partial charge is 0.366 e. The van der Waals surface area contributed by atoms with E-state index in [4.69, 9.17) is 0 Å². The van der Waals surface area contributed by atoms with E-state index in [1.807, 2.05) is 11.9 Å². The van der Waals surface area contributed by atoms with E-state index in [1.54, 1.807) is 19.9 Å². The number of benzene rings is 1. The van der Waals surface area contributed by atoms with Crippen molar-refractivity contribution in [2.75, 3.05) is 11.9 Å². The van der Waals surface area contributed by atoms with E-state index in [9.17, 15) is 18.5 Å². The molecule has 0 unspecified atom stereocenters. The molecule has 0 atom stereocenters. The van der Waals surface area contributed by atoms with Crippen LogP contribution in [0.2, 0.25) is 0 Å². The normalized spacial score (nSPS) is 16.3. The maximum absolute atomic E-state index is 12.3. The Morgan fingerprint density at radius 3 is 2.42 bits per heavy atom. The van der Waals surface area contributed by atoms with Crippen molar-refractivity contribution in [3.63, 3.8) is 0 Å². The van der Waals surface area contributed by atoms with Crippen molar-refractivity contribution in [2.45, 2.75) is 62.9 Å². The quantitative estimate of drug-likeness (QED) is 0.625. The molecule has 1 fully saturated rings. The van der Waals surface area contributed by atoms with Crippen LogP contribution in [0.3, 0.4) is 0 Å². The van der Waals surface area contributed by atoms with Gasteiger partial charge in [0, 0.05) is 25.2 Å². The molecule has 0 saturated heterocycles. The molecule has 1 aromatic rings. The van der Waals surface area contributed by atoms with E-state index in [0.29, 0.717) is 5.69 Å².